The third-order valence-electron chi connectivity index (χ3n) is 16.8. The Morgan fingerprint density at radius 2 is 0.396 bits per heavy atom. The van der Waals surface area contributed by atoms with Crippen LogP contribution in [0.2, 0.25) is 0 Å². The van der Waals surface area contributed by atoms with E-state index in [1.54, 1.807) is 0 Å². The maximum atomic E-state index is 5.37. The van der Waals surface area contributed by atoms with Crippen molar-refractivity contribution in [3.05, 3.63) is 334 Å². The first-order valence-electron chi connectivity index (χ1n) is 30.6. The monoisotopic (exact) mass is 1160 g/mol. The average Bonchev–Trinajstić information content (AvgIpc) is 1.62. The lowest BCUT2D eigenvalue weighted by atomic mass is 9.95. The van der Waals surface area contributed by atoms with E-state index < -0.39 is 0 Å². The first kappa shape index (κ1) is 54.1. The topological polar surface area (TPSA) is 82.3 Å². The smallest absolute Gasteiger partial charge is 0.164 e. The van der Waals surface area contributed by atoms with Crippen molar-refractivity contribution in [2.45, 2.75) is 0 Å². The molecule has 13 aromatic carbocycles. The molecule has 16 rings (SSSR count). The summed E-state index contributed by atoms with van der Waals surface area (Å²) < 4.78 is 2.44. The van der Waals surface area contributed by atoms with Crippen LogP contribution in [0.1, 0.15) is 0 Å². The predicted octanol–water partition coefficient (Wildman–Crippen LogP) is 21.2. The quantitative estimate of drug-likeness (QED) is 0.114. The molecule has 16 aromatic rings. The normalized spacial score (nSPS) is 11.3. The molecule has 426 valence electrons. The second-order valence-electron chi connectivity index (χ2n) is 22.6. The molecule has 0 unspecified atom stereocenters. The number of nitrogens with zero attached hydrogens (tertiary/aromatic N) is 7. The fourth-order valence-electron chi connectivity index (χ4n) is 12.5. The van der Waals surface area contributed by atoms with Crippen molar-refractivity contribution in [2.24, 2.45) is 0 Å². The van der Waals surface area contributed by atoms with Crippen LogP contribution in [-0.4, -0.2) is 34.5 Å². The molecular formula is C84H55N7. The highest BCUT2D eigenvalue weighted by atomic mass is 15.0. The summed E-state index contributed by atoms with van der Waals surface area (Å²) in [5.41, 5.74) is 21.5. The number of benzene rings is 13. The van der Waals surface area contributed by atoms with E-state index >= 15 is 0 Å². The van der Waals surface area contributed by atoms with E-state index in [1.165, 1.54) is 0 Å². The van der Waals surface area contributed by atoms with E-state index in [1.807, 2.05) is 60.7 Å². The highest BCUT2D eigenvalue weighted by molar-refractivity contribution is 6.17. The lowest BCUT2D eigenvalue weighted by Gasteiger charge is -2.15. The summed E-state index contributed by atoms with van der Waals surface area (Å²) >= 11 is 0. The summed E-state index contributed by atoms with van der Waals surface area (Å²) in [7, 11) is 0. The number of fused-ring (bicyclic) bond motifs is 3. The van der Waals surface area contributed by atoms with E-state index in [4.69, 9.17) is 29.9 Å². The highest BCUT2D eigenvalue weighted by Gasteiger charge is 2.23. The molecule has 0 atom stereocenters. The van der Waals surface area contributed by atoms with Crippen molar-refractivity contribution >= 4 is 21.8 Å². The van der Waals surface area contributed by atoms with Gasteiger partial charge in [-0.3, -0.25) is 0 Å². The molecule has 0 saturated carbocycles. The average molecular weight is 1160 g/mol. The van der Waals surface area contributed by atoms with Crippen LogP contribution in [0.4, 0.5) is 0 Å². The number of hydrogen-bond donors (Lipinski definition) is 0. The second kappa shape index (κ2) is 23.7. The first-order valence-corrected chi connectivity index (χ1v) is 30.6. The van der Waals surface area contributed by atoms with Gasteiger partial charge in [-0.05, 0) is 116 Å². The SMILES string of the molecule is c1ccc(-c2cc(-c3ccccc3)cc(-c3nc(-c4ccccc4)nc(-c4cccc(-c5cccc6c7cccc(-c8cccc(-c9nc(-c%10ccccc%10)nc(-c%10cc(-c%11ccccc%11)cc(-c%11ccccc%11)c%10)n9)c8)c7n(-c7ccccc7)c56)c4)n3)c2)cc1. The van der Waals surface area contributed by atoms with Gasteiger partial charge >= 0.3 is 0 Å². The van der Waals surface area contributed by atoms with Gasteiger partial charge in [0.05, 0.1) is 11.0 Å². The Morgan fingerprint density at radius 1 is 0.165 bits per heavy atom. The van der Waals surface area contributed by atoms with E-state index in [0.29, 0.717) is 34.9 Å². The van der Waals surface area contributed by atoms with Gasteiger partial charge in [0.2, 0.25) is 0 Å². The molecule has 0 N–H and O–H groups in total. The zero-order valence-corrected chi connectivity index (χ0v) is 49.4. The maximum absolute atomic E-state index is 5.37. The summed E-state index contributed by atoms with van der Waals surface area (Å²) in [5, 5.41) is 2.26. The zero-order valence-electron chi connectivity index (χ0n) is 49.4. The van der Waals surface area contributed by atoms with Crippen LogP contribution in [0.25, 0.3) is 163 Å². The lowest BCUT2D eigenvalue weighted by Crippen LogP contribution is -2.01. The minimum atomic E-state index is 0.578. The van der Waals surface area contributed by atoms with Crippen molar-refractivity contribution in [1.29, 1.82) is 0 Å². The number of rotatable bonds is 13. The third-order valence-corrected chi connectivity index (χ3v) is 16.8. The van der Waals surface area contributed by atoms with Crippen LogP contribution < -0.4 is 0 Å². The summed E-state index contributed by atoms with van der Waals surface area (Å²) in [4.78, 5) is 31.7. The molecule has 0 saturated heterocycles. The molecule has 7 heteroatoms. The number of para-hydroxylation sites is 3. The Bertz CT molecular complexity index is 4880. The Morgan fingerprint density at radius 3 is 0.725 bits per heavy atom. The van der Waals surface area contributed by atoms with E-state index in [-0.39, 0.29) is 0 Å². The molecular weight excluding hydrogens is 1110 g/mol. The Hall–Kier alpha value is -12.3. The zero-order chi connectivity index (χ0) is 60.5. The van der Waals surface area contributed by atoms with Crippen LogP contribution in [0.5, 0.6) is 0 Å². The minimum absolute atomic E-state index is 0.578. The van der Waals surface area contributed by atoms with E-state index in [2.05, 4.69) is 278 Å². The molecule has 0 aliphatic carbocycles. The van der Waals surface area contributed by atoms with Gasteiger partial charge in [-0.15, -0.1) is 0 Å². The second-order valence-corrected chi connectivity index (χ2v) is 22.6. The largest absolute Gasteiger partial charge is 0.308 e. The molecule has 7 nitrogen and oxygen atoms in total. The highest BCUT2D eigenvalue weighted by Crippen LogP contribution is 2.44. The summed E-state index contributed by atoms with van der Waals surface area (Å²) in [6, 6.07) is 117. The summed E-state index contributed by atoms with van der Waals surface area (Å²) in [6.07, 6.45) is 0. The van der Waals surface area contributed by atoms with Gasteiger partial charge in [-0.1, -0.05) is 273 Å². The van der Waals surface area contributed by atoms with Crippen LogP contribution in [0.15, 0.2) is 334 Å². The fraction of sp³-hybridized carbons (Fsp3) is 0. The van der Waals surface area contributed by atoms with Gasteiger partial charge < -0.3 is 4.57 Å². The molecule has 0 radical (unpaired) electrons. The van der Waals surface area contributed by atoms with Crippen molar-refractivity contribution in [1.82, 2.24) is 34.5 Å². The van der Waals surface area contributed by atoms with E-state index in [0.717, 1.165) is 128 Å². The standard InChI is InChI=1S/C84H55N7/c1-8-26-56(27-9-1)66-50-67(57-28-10-2-11-29-57)53-70(52-66)83-87-79(60-34-16-5-17-35-60)85-81(89-83)64-40-22-38-62(48-64)73-44-24-46-75-76-47-25-45-74(78(76)91(77(73)75)72-42-20-7-21-43-72)63-39-23-41-65(49-63)82-86-80(61-36-18-6-19-37-61)88-84(90-82)71-54-68(58-30-12-3-13-31-58)51-69(55-71)59-32-14-4-15-33-59/h1-55H. The first-order chi connectivity index (χ1) is 45.1. The Kier molecular flexibility index (Phi) is 14.1. The fourth-order valence-corrected chi connectivity index (χ4v) is 12.5. The van der Waals surface area contributed by atoms with Crippen LogP contribution in [0.3, 0.4) is 0 Å². The van der Waals surface area contributed by atoms with Gasteiger partial charge in [0.25, 0.3) is 0 Å². The summed E-state index contributed by atoms with van der Waals surface area (Å²) in [5.74, 6) is 3.52. The van der Waals surface area contributed by atoms with Crippen LogP contribution >= 0.6 is 0 Å². The number of aromatic nitrogens is 7. The van der Waals surface area contributed by atoms with Gasteiger partial charge in [0.15, 0.2) is 34.9 Å². The van der Waals surface area contributed by atoms with Crippen molar-refractivity contribution < 1.29 is 0 Å². The van der Waals surface area contributed by atoms with Crippen molar-refractivity contribution in [3.8, 4) is 141 Å². The van der Waals surface area contributed by atoms with E-state index in [9.17, 15) is 0 Å². The Balaban J connectivity index is 0.842. The van der Waals surface area contributed by atoms with Crippen molar-refractivity contribution in [3.63, 3.8) is 0 Å². The molecule has 0 aliphatic heterocycles. The Labute approximate surface area is 527 Å². The molecule has 0 bridgehead atoms. The number of hydrogen-bond acceptors (Lipinski definition) is 6. The van der Waals surface area contributed by atoms with Gasteiger partial charge in [-0.2, -0.15) is 0 Å². The molecule has 3 aromatic heterocycles. The maximum Gasteiger partial charge on any atom is 0.164 e. The third kappa shape index (κ3) is 10.7. The van der Waals surface area contributed by atoms with Gasteiger partial charge in [0.1, 0.15) is 0 Å². The van der Waals surface area contributed by atoms with Crippen LogP contribution in [-0.2, 0) is 0 Å². The molecule has 91 heavy (non-hydrogen) atoms. The molecule has 0 amide bonds. The minimum Gasteiger partial charge on any atom is -0.308 e. The molecule has 0 spiro atoms. The van der Waals surface area contributed by atoms with Crippen LogP contribution in [0, 0.1) is 0 Å². The van der Waals surface area contributed by atoms with Crippen molar-refractivity contribution in [2.75, 3.05) is 0 Å². The lowest BCUT2D eigenvalue weighted by molar-refractivity contribution is 1.07. The summed E-state index contributed by atoms with van der Waals surface area (Å²) in [6.45, 7) is 0. The van der Waals surface area contributed by atoms with Gasteiger partial charge in [0, 0.05) is 61.0 Å². The molecule has 0 aliphatic rings. The van der Waals surface area contributed by atoms with Gasteiger partial charge in [-0.25, -0.2) is 29.9 Å². The molecule has 0 fully saturated rings. The predicted molar refractivity (Wildman–Crippen MR) is 373 cm³/mol. The molecule has 3 heterocycles.